The summed E-state index contributed by atoms with van der Waals surface area (Å²) in [5.41, 5.74) is 2.37. The SMILES string of the molecule is CCC[C@H]1N=C2c3ccccc3N=C(SCC(=O)Nc3ccccc3)N2C1=O. The summed E-state index contributed by atoms with van der Waals surface area (Å²) in [6.07, 6.45) is 1.58. The van der Waals surface area contributed by atoms with Crippen LogP contribution >= 0.6 is 11.8 Å². The first-order chi connectivity index (χ1) is 13.7. The van der Waals surface area contributed by atoms with Gasteiger partial charge in [-0.15, -0.1) is 0 Å². The molecule has 1 N–H and O–H groups in total. The molecular formula is C21H20N4O2S. The average molecular weight is 392 g/mol. The minimum absolute atomic E-state index is 0.0685. The summed E-state index contributed by atoms with van der Waals surface area (Å²) < 4.78 is 0. The molecule has 2 aliphatic rings. The Kier molecular flexibility index (Phi) is 5.25. The molecule has 0 unspecified atom stereocenters. The number of nitrogens with zero attached hydrogens (tertiary/aromatic N) is 3. The Morgan fingerprint density at radius 3 is 2.68 bits per heavy atom. The van der Waals surface area contributed by atoms with Crippen LogP contribution in [-0.4, -0.2) is 39.5 Å². The second-order valence-corrected chi connectivity index (χ2v) is 7.49. The number of hydrogen-bond acceptors (Lipinski definition) is 5. The Balaban J connectivity index is 1.55. The van der Waals surface area contributed by atoms with Crippen LogP contribution in [0.4, 0.5) is 11.4 Å². The minimum Gasteiger partial charge on any atom is -0.325 e. The van der Waals surface area contributed by atoms with Crippen molar-refractivity contribution in [2.24, 2.45) is 9.98 Å². The van der Waals surface area contributed by atoms with Gasteiger partial charge >= 0.3 is 0 Å². The lowest BCUT2D eigenvalue weighted by atomic mass is 10.1. The molecule has 4 rings (SSSR count). The number of fused-ring (bicyclic) bond motifs is 3. The van der Waals surface area contributed by atoms with Crippen molar-refractivity contribution in [3.63, 3.8) is 0 Å². The molecule has 2 heterocycles. The molecule has 2 aromatic carbocycles. The number of aliphatic imine (C=N–C) groups is 2. The molecule has 0 saturated heterocycles. The summed E-state index contributed by atoms with van der Waals surface area (Å²) in [6, 6.07) is 16.6. The lowest BCUT2D eigenvalue weighted by Crippen LogP contribution is -2.41. The van der Waals surface area contributed by atoms with Crippen LogP contribution < -0.4 is 5.32 Å². The average Bonchev–Trinajstić information content (AvgIpc) is 3.04. The molecule has 0 radical (unpaired) electrons. The van der Waals surface area contributed by atoms with Crippen LogP contribution in [0.25, 0.3) is 0 Å². The number of para-hydroxylation sites is 2. The van der Waals surface area contributed by atoms with E-state index in [1.807, 2.05) is 61.5 Å². The van der Waals surface area contributed by atoms with Crippen LogP contribution in [0.15, 0.2) is 64.6 Å². The predicted molar refractivity (Wildman–Crippen MR) is 113 cm³/mol. The first kappa shape index (κ1) is 18.4. The molecule has 0 saturated carbocycles. The summed E-state index contributed by atoms with van der Waals surface area (Å²) in [7, 11) is 0. The minimum atomic E-state index is -0.380. The van der Waals surface area contributed by atoms with E-state index >= 15 is 0 Å². The third-order valence-electron chi connectivity index (χ3n) is 4.50. The number of amides is 2. The first-order valence-electron chi connectivity index (χ1n) is 9.25. The van der Waals surface area contributed by atoms with Gasteiger partial charge in [0.2, 0.25) is 5.91 Å². The molecule has 6 nitrogen and oxygen atoms in total. The second-order valence-electron chi connectivity index (χ2n) is 6.55. The molecule has 0 bridgehead atoms. The zero-order valence-corrected chi connectivity index (χ0v) is 16.3. The number of nitrogens with one attached hydrogen (secondary N) is 1. The van der Waals surface area contributed by atoms with E-state index in [-0.39, 0.29) is 23.6 Å². The number of carbonyl (C=O) groups is 2. The molecule has 0 spiro atoms. The number of anilines is 1. The van der Waals surface area contributed by atoms with E-state index in [9.17, 15) is 9.59 Å². The number of amidine groups is 2. The summed E-state index contributed by atoms with van der Waals surface area (Å²) in [5.74, 6) is 0.583. The molecule has 0 aliphatic carbocycles. The monoisotopic (exact) mass is 392 g/mol. The van der Waals surface area contributed by atoms with Gasteiger partial charge in [-0.1, -0.05) is 55.4 Å². The second kappa shape index (κ2) is 7.98. The van der Waals surface area contributed by atoms with E-state index < -0.39 is 0 Å². The van der Waals surface area contributed by atoms with Crippen molar-refractivity contribution < 1.29 is 9.59 Å². The fourth-order valence-corrected chi connectivity index (χ4v) is 4.01. The quantitative estimate of drug-likeness (QED) is 0.841. The molecule has 2 amide bonds. The molecule has 28 heavy (non-hydrogen) atoms. The van der Waals surface area contributed by atoms with Gasteiger partial charge < -0.3 is 5.32 Å². The third kappa shape index (κ3) is 3.57. The van der Waals surface area contributed by atoms with Gasteiger partial charge in [0.1, 0.15) is 11.9 Å². The van der Waals surface area contributed by atoms with Gasteiger partial charge in [-0.25, -0.2) is 9.89 Å². The van der Waals surface area contributed by atoms with E-state index in [0.29, 0.717) is 17.4 Å². The number of benzene rings is 2. The molecule has 7 heteroatoms. The van der Waals surface area contributed by atoms with Crippen molar-refractivity contribution in [3.05, 3.63) is 60.2 Å². The lowest BCUT2D eigenvalue weighted by Gasteiger charge is -2.25. The van der Waals surface area contributed by atoms with E-state index in [0.717, 1.165) is 23.4 Å². The fourth-order valence-electron chi connectivity index (χ4n) is 3.21. The van der Waals surface area contributed by atoms with Gasteiger partial charge in [0.05, 0.1) is 11.4 Å². The highest BCUT2D eigenvalue weighted by Crippen LogP contribution is 2.34. The molecule has 0 fully saturated rings. The smallest absolute Gasteiger partial charge is 0.259 e. The Hall–Kier alpha value is -2.93. The van der Waals surface area contributed by atoms with Crippen LogP contribution in [0.5, 0.6) is 0 Å². The van der Waals surface area contributed by atoms with Crippen LogP contribution in [0.3, 0.4) is 0 Å². The molecule has 2 aliphatic heterocycles. The maximum atomic E-state index is 12.9. The topological polar surface area (TPSA) is 74.1 Å². The fraction of sp³-hybridized carbons (Fsp3) is 0.238. The van der Waals surface area contributed by atoms with Gasteiger partial charge in [0.15, 0.2) is 5.17 Å². The Bertz CT molecular complexity index is 971. The van der Waals surface area contributed by atoms with E-state index in [2.05, 4.69) is 15.3 Å². The van der Waals surface area contributed by atoms with Crippen molar-refractivity contribution >= 4 is 46.0 Å². The third-order valence-corrected chi connectivity index (χ3v) is 5.44. The summed E-state index contributed by atoms with van der Waals surface area (Å²) in [4.78, 5) is 36.1. The Labute approximate surface area is 167 Å². The standard InChI is InChI=1S/C21H20N4O2S/c1-2-8-17-20(27)25-19(23-17)15-11-6-7-12-16(15)24-21(25)28-13-18(26)22-14-9-4-3-5-10-14/h3-7,9-12,17H,2,8,13H2,1H3,(H,22,26)/t17-/m1/s1. The van der Waals surface area contributed by atoms with Gasteiger partial charge in [-0.2, -0.15) is 0 Å². The molecule has 0 aromatic heterocycles. The lowest BCUT2D eigenvalue weighted by molar-refractivity contribution is -0.124. The van der Waals surface area contributed by atoms with Crippen molar-refractivity contribution in [1.82, 2.24) is 4.90 Å². The van der Waals surface area contributed by atoms with Gasteiger partial charge in [-0.05, 0) is 30.7 Å². The largest absolute Gasteiger partial charge is 0.325 e. The number of hydrogen-bond donors (Lipinski definition) is 1. The van der Waals surface area contributed by atoms with E-state index in [1.54, 1.807) is 4.90 Å². The van der Waals surface area contributed by atoms with E-state index in [4.69, 9.17) is 0 Å². The maximum absolute atomic E-state index is 12.9. The zero-order valence-electron chi connectivity index (χ0n) is 15.5. The molecular weight excluding hydrogens is 372 g/mol. The molecule has 2 aromatic rings. The number of rotatable bonds is 5. The van der Waals surface area contributed by atoms with Crippen molar-refractivity contribution in [2.45, 2.75) is 25.8 Å². The Morgan fingerprint density at radius 1 is 1.14 bits per heavy atom. The summed E-state index contributed by atoms with van der Waals surface area (Å²) >= 11 is 1.25. The van der Waals surface area contributed by atoms with Crippen molar-refractivity contribution in [1.29, 1.82) is 0 Å². The van der Waals surface area contributed by atoms with Crippen LogP contribution in [-0.2, 0) is 9.59 Å². The van der Waals surface area contributed by atoms with Crippen LogP contribution in [0.2, 0.25) is 0 Å². The van der Waals surface area contributed by atoms with Gasteiger partial charge in [0, 0.05) is 11.3 Å². The highest BCUT2D eigenvalue weighted by Gasteiger charge is 2.40. The molecule has 1 atom stereocenters. The predicted octanol–water partition coefficient (Wildman–Crippen LogP) is 3.82. The zero-order chi connectivity index (χ0) is 19.5. The normalized spacial score (nSPS) is 17.5. The van der Waals surface area contributed by atoms with Crippen LogP contribution in [0.1, 0.15) is 25.3 Å². The maximum Gasteiger partial charge on any atom is 0.259 e. The number of thioether (sulfide) groups is 1. The number of carbonyl (C=O) groups excluding carboxylic acids is 2. The van der Waals surface area contributed by atoms with Crippen molar-refractivity contribution in [3.8, 4) is 0 Å². The molecule has 142 valence electrons. The highest BCUT2D eigenvalue weighted by atomic mass is 32.2. The van der Waals surface area contributed by atoms with Gasteiger partial charge in [0.25, 0.3) is 5.91 Å². The first-order valence-corrected chi connectivity index (χ1v) is 10.2. The summed E-state index contributed by atoms with van der Waals surface area (Å²) in [5, 5.41) is 3.36. The van der Waals surface area contributed by atoms with Crippen LogP contribution in [0, 0.1) is 0 Å². The Morgan fingerprint density at radius 2 is 1.89 bits per heavy atom. The van der Waals surface area contributed by atoms with E-state index in [1.165, 1.54) is 11.8 Å². The van der Waals surface area contributed by atoms with Crippen molar-refractivity contribution in [2.75, 3.05) is 11.1 Å². The summed E-state index contributed by atoms with van der Waals surface area (Å²) in [6.45, 7) is 2.04. The highest BCUT2D eigenvalue weighted by molar-refractivity contribution is 8.14. The van der Waals surface area contributed by atoms with Gasteiger partial charge in [-0.3, -0.25) is 14.6 Å².